The lowest BCUT2D eigenvalue weighted by Gasteiger charge is -2.02. The quantitative estimate of drug-likeness (QED) is 0.719. The van der Waals surface area contributed by atoms with E-state index in [9.17, 15) is 4.79 Å². The van der Waals surface area contributed by atoms with E-state index in [4.69, 9.17) is 11.6 Å². The Morgan fingerprint density at radius 1 is 1.12 bits per heavy atom. The second-order valence-corrected chi connectivity index (χ2v) is 4.73. The third-order valence-electron chi connectivity index (χ3n) is 3.28. The van der Waals surface area contributed by atoms with Crippen molar-refractivity contribution in [2.75, 3.05) is 0 Å². The molecule has 1 saturated carbocycles. The lowest BCUT2D eigenvalue weighted by Crippen LogP contribution is -1.91. The Morgan fingerprint density at radius 3 is 2.56 bits per heavy atom. The van der Waals surface area contributed by atoms with E-state index in [2.05, 4.69) is 30.3 Å². The zero-order chi connectivity index (χ0) is 11.1. The second-order valence-electron chi connectivity index (χ2n) is 4.36. The molecule has 0 aromatic heterocycles. The Kier molecular flexibility index (Phi) is 2.22. The minimum absolute atomic E-state index is 0.0443. The molecule has 0 saturated heterocycles. The van der Waals surface area contributed by atoms with E-state index < -0.39 is 0 Å². The highest BCUT2D eigenvalue weighted by molar-refractivity contribution is 6.64. The van der Waals surface area contributed by atoms with Crippen LogP contribution in [0.3, 0.4) is 0 Å². The number of halogens is 1. The molecule has 2 atom stereocenters. The van der Waals surface area contributed by atoms with Gasteiger partial charge in [-0.25, -0.2) is 0 Å². The SMILES string of the molecule is O=C(Cl)[C@@H]1C[C@H]1c1ccc2ccccc2c1. The molecule has 0 N–H and O–H groups in total. The first-order valence-corrected chi connectivity index (χ1v) is 5.81. The molecule has 1 fully saturated rings. The summed E-state index contributed by atoms with van der Waals surface area (Å²) in [6.07, 6.45) is 0.903. The van der Waals surface area contributed by atoms with Gasteiger partial charge in [0.05, 0.1) is 0 Å². The van der Waals surface area contributed by atoms with Crippen LogP contribution in [0, 0.1) is 5.92 Å². The zero-order valence-electron chi connectivity index (χ0n) is 8.69. The van der Waals surface area contributed by atoms with E-state index in [-0.39, 0.29) is 11.2 Å². The predicted molar refractivity (Wildman–Crippen MR) is 65.7 cm³/mol. The van der Waals surface area contributed by atoms with Crippen LogP contribution in [0.5, 0.6) is 0 Å². The zero-order valence-corrected chi connectivity index (χ0v) is 9.45. The summed E-state index contributed by atoms with van der Waals surface area (Å²) in [6, 6.07) is 14.6. The Labute approximate surface area is 99.0 Å². The Bertz CT molecular complexity index is 561. The van der Waals surface area contributed by atoms with Crippen LogP contribution < -0.4 is 0 Å². The van der Waals surface area contributed by atoms with Gasteiger partial charge in [0, 0.05) is 5.92 Å². The summed E-state index contributed by atoms with van der Waals surface area (Å²) in [6.45, 7) is 0. The molecule has 2 aromatic carbocycles. The van der Waals surface area contributed by atoms with Gasteiger partial charge in [0.25, 0.3) is 0 Å². The molecular weight excluding hydrogens is 220 g/mol. The number of fused-ring (bicyclic) bond motifs is 1. The van der Waals surface area contributed by atoms with Gasteiger partial charge < -0.3 is 0 Å². The molecule has 0 bridgehead atoms. The molecule has 80 valence electrons. The average molecular weight is 231 g/mol. The van der Waals surface area contributed by atoms with Crippen LogP contribution in [0.1, 0.15) is 17.9 Å². The Morgan fingerprint density at radius 2 is 1.88 bits per heavy atom. The highest BCUT2D eigenvalue weighted by atomic mass is 35.5. The van der Waals surface area contributed by atoms with Gasteiger partial charge in [0.15, 0.2) is 0 Å². The molecule has 2 aromatic rings. The minimum Gasteiger partial charge on any atom is -0.281 e. The monoisotopic (exact) mass is 230 g/mol. The van der Waals surface area contributed by atoms with Crippen molar-refractivity contribution in [1.82, 2.24) is 0 Å². The first-order valence-electron chi connectivity index (χ1n) is 5.44. The summed E-state index contributed by atoms with van der Waals surface area (Å²) in [5.74, 6) is 0.387. The predicted octanol–water partition coefficient (Wildman–Crippen LogP) is 3.71. The van der Waals surface area contributed by atoms with Gasteiger partial charge >= 0.3 is 0 Å². The average Bonchev–Trinajstić information content (AvgIpc) is 3.08. The molecule has 1 aliphatic rings. The molecule has 0 radical (unpaired) electrons. The van der Waals surface area contributed by atoms with Crippen molar-refractivity contribution in [2.24, 2.45) is 5.92 Å². The molecule has 3 rings (SSSR count). The summed E-state index contributed by atoms with van der Waals surface area (Å²) in [4.78, 5) is 11.0. The smallest absolute Gasteiger partial charge is 0.225 e. The van der Waals surface area contributed by atoms with Gasteiger partial charge in [-0.15, -0.1) is 0 Å². The lowest BCUT2D eigenvalue weighted by molar-refractivity contribution is -0.112. The van der Waals surface area contributed by atoms with Crippen LogP contribution in [0.2, 0.25) is 0 Å². The number of hydrogen-bond donors (Lipinski definition) is 0. The molecule has 2 heteroatoms. The second kappa shape index (κ2) is 3.60. The normalized spacial score (nSPS) is 23.3. The fourth-order valence-corrected chi connectivity index (χ4v) is 2.49. The maximum atomic E-state index is 11.0. The van der Waals surface area contributed by atoms with Crippen molar-refractivity contribution in [3.05, 3.63) is 48.0 Å². The van der Waals surface area contributed by atoms with E-state index in [0.717, 1.165) is 6.42 Å². The van der Waals surface area contributed by atoms with Crippen molar-refractivity contribution in [3.63, 3.8) is 0 Å². The number of benzene rings is 2. The molecule has 0 spiro atoms. The van der Waals surface area contributed by atoms with Crippen molar-refractivity contribution in [1.29, 1.82) is 0 Å². The molecule has 1 nitrogen and oxygen atoms in total. The molecule has 0 heterocycles. The molecule has 0 amide bonds. The maximum absolute atomic E-state index is 11.0. The highest BCUT2D eigenvalue weighted by Crippen LogP contribution is 2.49. The van der Waals surface area contributed by atoms with Gasteiger partial charge in [-0.2, -0.15) is 0 Å². The first kappa shape index (κ1) is 9.86. The summed E-state index contributed by atoms with van der Waals surface area (Å²) >= 11 is 5.50. The third kappa shape index (κ3) is 1.61. The molecule has 0 aliphatic heterocycles. The number of carbonyl (C=O) groups excluding carboxylic acids is 1. The Balaban J connectivity index is 1.98. The fraction of sp³-hybridized carbons (Fsp3) is 0.214. The fourth-order valence-electron chi connectivity index (χ4n) is 2.25. The van der Waals surface area contributed by atoms with Gasteiger partial charge in [-0.05, 0) is 40.3 Å². The number of hydrogen-bond acceptors (Lipinski definition) is 1. The third-order valence-corrected chi connectivity index (χ3v) is 3.56. The number of carbonyl (C=O) groups is 1. The minimum atomic E-state index is -0.196. The van der Waals surface area contributed by atoms with E-state index in [0.29, 0.717) is 5.92 Å². The van der Waals surface area contributed by atoms with Crippen molar-refractivity contribution < 1.29 is 4.79 Å². The van der Waals surface area contributed by atoms with Crippen LogP contribution in [-0.2, 0) is 4.79 Å². The molecule has 16 heavy (non-hydrogen) atoms. The van der Waals surface area contributed by atoms with Crippen LogP contribution in [0.25, 0.3) is 10.8 Å². The molecule has 1 aliphatic carbocycles. The maximum Gasteiger partial charge on any atom is 0.225 e. The molecule has 0 unspecified atom stereocenters. The van der Waals surface area contributed by atoms with Crippen molar-refractivity contribution in [2.45, 2.75) is 12.3 Å². The summed E-state index contributed by atoms with van der Waals surface area (Å²) in [5.41, 5.74) is 1.23. The van der Waals surface area contributed by atoms with Crippen LogP contribution in [0.15, 0.2) is 42.5 Å². The summed E-state index contributed by atoms with van der Waals surface area (Å²) in [7, 11) is 0. The van der Waals surface area contributed by atoms with E-state index in [1.165, 1.54) is 16.3 Å². The van der Waals surface area contributed by atoms with Crippen molar-refractivity contribution >= 4 is 27.6 Å². The highest BCUT2D eigenvalue weighted by Gasteiger charge is 2.42. The topological polar surface area (TPSA) is 17.1 Å². The van der Waals surface area contributed by atoms with E-state index >= 15 is 0 Å². The van der Waals surface area contributed by atoms with Crippen LogP contribution in [-0.4, -0.2) is 5.24 Å². The van der Waals surface area contributed by atoms with Gasteiger partial charge in [-0.3, -0.25) is 4.79 Å². The summed E-state index contributed by atoms with van der Waals surface area (Å²) < 4.78 is 0. The van der Waals surface area contributed by atoms with Crippen LogP contribution >= 0.6 is 11.6 Å². The van der Waals surface area contributed by atoms with Crippen LogP contribution in [0.4, 0.5) is 0 Å². The van der Waals surface area contributed by atoms with Gasteiger partial charge in [0.2, 0.25) is 5.24 Å². The Hall–Kier alpha value is -1.34. The summed E-state index contributed by atoms with van der Waals surface area (Å²) in [5, 5.41) is 2.27. The van der Waals surface area contributed by atoms with E-state index in [1.807, 2.05) is 12.1 Å². The number of rotatable bonds is 2. The van der Waals surface area contributed by atoms with Gasteiger partial charge in [0.1, 0.15) is 0 Å². The van der Waals surface area contributed by atoms with Gasteiger partial charge in [-0.1, -0.05) is 42.5 Å². The first-order chi connectivity index (χ1) is 7.75. The largest absolute Gasteiger partial charge is 0.281 e. The molecular formula is C14H11ClO. The van der Waals surface area contributed by atoms with E-state index in [1.54, 1.807) is 0 Å². The standard InChI is InChI=1S/C14H11ClO/c15-14(16)13-8-12(13)11-6-5-9-3-1-2-4-10(9)7-11/h1-7,12-13H,8H2/t12-,13+/m0/s1. The van der Waals surface area contributed by atoms with Crippen molar-refractivity contribution in [3.8, 4) is 0 Å². The lowest BCUT2D eigenvalue weighted by atomic mass is 10.0.